The fraction of sp³-hybridized carbons (Fsp3) is 0. The fourth-order valence-corrected chi connectivity index (χ4v) is 10.2. The number of rotatable bonds is 7. The second-order valence-electron chi connectivity index (χ2n) is 16.6. The summed E-state index contributed by atoms with van der Waals surface area (Å²) in [4.78, 5) is 2.31. The molecular formula is C60H40N4. The van der Waals surface area contributed by atoms with Crippen LogP contribution in [0.4, 0.5) is 17.1 Å². The summed E-state index contributed by atoms with van der Waals surface area (Å²) >= 11 is 0. The van der Waals surface area contributed by atoms with E-state index in [2.05, 4.69) is 261 Å². The molecule has 13 rings (SSSR count). The quantitative estimate of drug-likeness (QED) is 0.157. The number of aromatic nitrogens is 3. The number of fused-ring (bicyclic) bond motifs is 9. The Bertz CT molecular complexity index is 3610. The zero-order valence-corrected chi connectivity index (χ0v) is 34.9. The maximum absolute atomic E-state index is 2.44. The predicted molar refractivity (Wildman–Crippen MR) is 270 cm³/mol. The van der Waals surface area contributed by atoms with Gasteiger partial charge in [0.2, 0.25) is 0 Å². The SMILES string of the molecule is c1ccc(N(c2ccccc2)c2ccc(-n3c4ccccc4c4ccc(-c5cc(-n6c7ccccc7c7ccccc76)cc(-n6c7ccccc7c7ccccc76)c5)cc43)cc2)cc1. The molecule has 0 saturated heterocycles. The number of anilines is 3. The van der Waals surface area contributed by atoms with E-state index in [0.717, 1.165) is 50.8 Å². The van der Waals surface area contributed by atoms with E-state index >= 15 is 0 Å². The second-order valence-corrected chi connectivity index (χ2v) is 16.6. The lowest BCUT2D eigenvalue weighted by Crippen LogP contribution is -2.09. The normalized spacial score (nSPS) is 11.8. The number of para-hydroxylation sites is 7. The average molecular weight is 817 g/mol. The summed E-state index contributed by atoms with van der Waals surface area (Å²) in [6.07, 6.45) is 0. The smallest absolute Gasteiger partial charge is 0.0547 e. The van der Waals surface area contributed by atoms with Crippen LogP contribution in [0.3, 0.4) is 0 Å². The van der Waals surface area contributed by atoms with Crippen LogP contribution < -0.4 is 4.90 Å². The minimum Gasteiger partial charge on any atom is -0.311 e. The van der Waals surface area contributed by atoms with Gasteiger partial charge in [-0.25, -0.2) is 0 Å². The Morgan fingerprint density at radius 1 is 0.219 bits per heavy atom. The van der Waals surface area contributed by atoms with Crippen molar-refractivity contribution in [3.8, 4) is 28.2 Å². The van der Waals surface area contributed by atoms with Crippen molar-refractivity contribution >= 4 is 82.5 Å². The van der Waals surface area contributed by atoms with Crippen molar-refractivity contribution in [2.75, 3.05) is 4.90 Å². The largest absolute Gasteiger partial charge is 0.311 e. The van der Waals surface area contributed by atoms with E-state index in [4.69, 9.17) is 0 Å². The Morgan fingerprint density at radius 3 is 0.984 bits per heavy atom. The van der Waals surface area contributed by atoms with Crippen molar-refractivity contribution < 1.29 is 0 Å². The molecule has 0 aliphatic heterocycles. The van der Waals surface area contributed by atoms with E-state index in [-0.39, 0.29) is 0 Å². The van der Waals surface area contributed by atoms with Crippen molar-refractivity contribution in [1.82, 2.24) is 13.7 Å². The summed E-state index contributed by atoms with van der Waals surface area (Å²) in [5.41, 5.74) is 16.1. The van der Waals surface area contributed by atoms with Crippen molar-refractivity contribution in [1.29, 1.82) is 0 Å². The predicted octanol–water partition coefficient (Wildman–Crippen LogP) is 16.1. The zero-order chi connectivity index (χ0) is 42.1. The Balaban J connectivity index is 1.03. The summed E-state index contributed by atoms with van der Waals surface area (Å²) in [5, 5.41) is 7.43. The number of hydrogen-bond donors (Lipinski definition) is 0. The summed E-state index contributed by atoms with van der Waals surface area (Å²) in [5.74, 6) is 0. The second kappa shape index (κ2) is 14.5. The van der Waals surface area contributed by atoms with Gasteiger partial charge < -0.3 is 18.6 Å². The van der Waals surface area contributed by atoms with Gasteiger partial charge in [0, 0.05) is 66.4 Å². The molecule has 0 N–H and O–H groups in total. The monoisotopic (exact) mass is 816 g/mol. The van der Waals surface area contributed by atoms with E-state index in [1.165, 1.54) is 59.9 Å². The number of nitrogens with zero attached hydrogens (tertiary/aromatic N) is 4. The molecule has 3 heterocycles. The topological polar surface area (TPSA) is 18.0 Å². The molecule has 4 nitrogen and oxygen atoms in total. The van der Waals surface area contributed by atoms with Gasteiger partial charge in [0.05, 0.1) is 33.1 Å². The molecular weight excluding hydrogens is 777 g/mol. The Labute approximate surface area is 370 Å². The third-order valence-electron chi connectivity index (χ3n) is 13.0. The first-order valence-corrected chi connectivity index (χ1v) is 21.9. The van der Waals surface area contributed by atoms with Gasteiger partial charge in [-0.3, -0.25) is 0 Å². The van der Waals surface area contributed by atoms with Crippen LogP contribution in [0.5, 0.6) is 0 Å². The van der Waals surface area contributed by atoms with Gasteiger partial charge in [0.25, 0.3) is 0 Å². The molecule has 4 heteroatoms. The first kappa shape index (κ1) is 36.1. The molecule has 0 fully saturated rings. The maximum Gasteiger partial charge on any atom is 0.0547 e. The average Bonchev–Trinajstić information content (AvgIpc) is 4.01. The molecule has 0 saturated carbocycles. The molecule has 13 aromatic rings. The van der Waals surface area contributed by atoms with Crippen LogP contribution in [0.25, 0.3) is 93.6 Å². The van der Waals surface area contributed by atoms with Crippen LogP contribution in [-0.4, -0.2) is 13.7 Å². The van der Waals surface area contributed by atoms with Crippen LogP contribution in [0.15, 0.2) is 243 Å². The van der Waals surface area contributed by atoms with E-state index in [0.29, 0.717) is 0 Å². The van der Waals surface area contributed by atoms with Crippen LogP contribution in [0.2, 0.25) is 0 Å². The minimum atomic E-state index is 1.10. The molecule has 0 bridgehead atoms. The Morgan fingerprint density at radius 2 is 0.562 bits per heavy atom. The van der Waals surface area contributed by atoms with E-state index in [9.17, 15) is 0 Å². The summed E-state index contributed by atoms with van der Waals surface area (Å²) in [6, 6.07) is 88.2. The van der Waals surface area contributed by atoms with Gasteiger partial charge in [0.1, 0.15) is 0 Å². The standard InChI is InChI=1S/C60H40N4/c1-3-17-43(18-4-1)61(44-19-5-2-6-20-44)45-32-34-46(35-33-45)62-55-26-12-11-25-53(55)54-36-31-41(39-60(54)62)42-37-47(63-56-27-13-7-21-49(56)50-22-8-14-28-57(50)63)40-48(38-42)64-58-29-15-9-23-51(58)52-24-10-16-30-59(52)64/h1-40H. The summed E-state index contributed by atoms with van der Waals surface area (Å²) in [7, 11) is 0. The van der Waals surface area contributed by atoms with Crippen LogP contribution in [0, 0.1) is 0 Å². The third kappa shape index (κ3) is 5.63. The lowest BCUT2D eigenvalue weighted by molar-refractivity contribution is 1.13. The highest BCUT2D eigenvalue weighted by atomic mass is 15.1. The Kier molecular flexibility index (Phi) is 8.18. The Hall–Kier alpha value is -8.60. The van der Waals surface area contributed by atoms with E-state index < -0.39 is 0 Å². The minimum absolute atomic E-state index is 1.10. The molecule has 0 aliphatic carbocycles. The highest BCUT2D eigenvalue weighted by molar-refractivity contribution is 6.12. The summed E-state index contributed by atoms with van der Waals surface area (Å²) in [6.45, 7) is 0. The molecule has 0 radical (unpaired) electrons. The summed E-state index contributed by atoms with van der Waals surface area (Å²) < 4.78 is 7.31. The van der Waals surface area contributed by atoms with Crippen LogP contribution >= 0.6 is 0 Å². The van der Waals surface area contributed by atoms with Crippen molar-refractivity contribution in [3.63, 3.8) is 0 Å². The van der Waals surface area contributed by atoms with Gasteiger partial charge in [-0.1, -0.05) is 140 Å². The lowest BCUT2D eigenvalue weighted by Gasteiger charge is -2.25. The number of benzene rings is 10. The molecule has 10 aromatic carbocycles. The molecule has 0 unspecified atom stereocenters. The van der Waals surface area contributed by atoms with Gasteiger partial charge in [-0.05, 0) is 114 Å². The highest BCUT2D eigenvalue weighted by Crippen LogP contribution is 2.41. The van der Waals surface area contributed by atoms with Gasteiger partial charge >= 0.3 is 0 Å². The molecule has 0 amide bonds. The van der Waals surface area contributed by atoms with Crippen molar-refractivity contribution in [2.24, 2.45) is 0 Å². The van der Waals surface area contributed by atoms with Gasteiger partial charge in [-0.2, -0.15) is 0 Å². The highest BCUT2D eigenvalue weighted by Gasteiger charge is 2.20. The lowest BCUT2D eigenvalue weighted by atomic mass is 10.0. The van der Waals surface area contributed by atoms with Gasteiger partial charge in [-0.15, -0.1) is 0 Å². The van der Waals surface area contributed by atoms with Crippen molar-refractivity contribution in [2.45, 2.75) is 0 Å². The van der Waals surface area contributed by atoms with Crippen molar-refractivity contribution in [3.05, 3.63) is 243 Å². The fourth-order valence-electron chi connectivity index (χ4n) is 10.2. The third-order valence-corrected chi connectivity index (χ3v) is 13.0. The molecule has 64 heavy (non-hydrogen) atoms. The maximum atomic E-state index is 2.44. The van der Waals surface area contributed by atoms with Crippen LogP contribution in [0.1, 0.15) is 0 Å². The first-order valence-electron chi connectivity index (χ1n) is 21.9. The van der Waals surface area contributed by atoms with Crippen LogP contribution in [-0.2, 0) is 0 Å². The zero-order valence-electron chi connectivity index (χ0n) is 34.9. The number of hydrogen-bond acceptors (Lipinski definition) is 1. The van der Waals surface area contributed by atoms with E-state index in [1.54, 1.807) is 0 Å². The molecule has 3 aromatic heterocycles. The molecule has 0 aliphatic rings. The molecule has 0 spiro atoms. The molecule has 0 atom stereocenters. The van der Waals surface area contributed by atoms with Gasteiger partial charge in [0.15, 0.2) is 0 Å². The first-order chi connectivity index (χ1) is 31.8. The molecule has 300 valence electrons. The van der Waals surface area contributed by atoms with E-state index in [1.807, 2.05) is 0 Å².